The smallest absolute Gasteiger partial charge is 0.188 e. The van der Waals surface area contributed by atoms with Gasteiger partial charge in [-0.2, -0.15) is 0 Å². The highest BCUT2D eigenvalue weighted by atomic mass is 32.2. The molecular weight excluding hydrogens is 278 g/mol. The summed E-state index contributed by atoms with van der Waals surface area (Å²) in [5, 5.41) is 2.87. The van der Waals surface area contributed by atoms with Gasteiger partial charge >= 0.3 is 0 Å². The zero-order valence-electron chi connectivity index (χ0n) is 11.6. The van der Waals surface area contributed by atoms with E-state index in [0.717, 1.165) is 0 Å². The molecule has 0 saturated heterocycles. The van der Waals surface area contributed by atoms with Crippen molar-refractivity contribution in [2.24, 2.45) is 10.7 Å². The van der Waals surface area contributed by atoms with Gasteiger partial charge in [-0.15, -0.1) is 0 Å². The third-order valence-electron chi connectivity index (χ3n) is 2.57. The van der Waals surface area contributed by atoms with Gasteiger partial charge in [0.15, 0.2) is 15.8 Å². The van der Waals surface area contributed by atoms with E-state index >= 15 is 0 Å². The van der Waals surface area contributed by atoms with Gasteiger partial charge in [0.05, 0.1) is 17.3 Å². The molecule has 1 rings (SSSR count). The van der Waals surface area contributed by atoms with E-state index in [1.165, 1.54) is 0 Å². The van der Waals surface area contributed by atoms with Crippen LogP contribution < -0.4 is 11.1 Å². The first-order valence-corrected chi connectivity index (χ1v) is 8.02. The molecule has 0 radical (unpaired) electrons. The van der Waals surface area contributed by atoms with Crippen LogP contribution in [0.3, 0.4) is 0 Å². The highest BCUT2D eigenvalue weighted by Crippen LogP contribution is 2.10. The van der Waals surface area contributed by atoms with Crippen molar-refractivity contribution in [1.82, 2.24) is 5.32 Å². The fraction of sp³-hybridized carbons (Fsp3) is 0.462. The van der Waals surface area contributed by atoms with Gasteiger partial charge in [0, 0.05) is 20.2 Å². The minimum atomic E-state index is -3.23. The lowest BCUT2D eigenvalue weighted by Gasteiger charge is -2.05. The van der Waals surface area contributed by atoms with Gasteiger partial charge in [-0.3, -0.25) is 4.99 Å². The summed E-state index contributed by atoms with van der Waals surface area (Å²) in [7, 11) is -1.63. The van der Waals surface area contributed by atoms with Gasteiger partial charge in [-0.05, 0) is 18.6 Å². The minimum Gasteiger partial charge on any atom is -0.383 e. The number of guanidine groups is 1. The Morgan fingerprint density at radius 2 is 2.05 bits per heavy atom. The second-order valence-corrected chi connectivity index (χ2v) is 6.28. The minimum absolute atomic E-state index is 0.0614. The van der Waals surface area contributed by atoms with E-state index in [0.29, 0.717) is 37.0 Å². The molecule has 0 aliphatic carbocycles. The molecule has 0 aromatic heterocycles. The average Bonchev–Trinajstić information content (AvgIpc) is 2.45. The summed E-state index contributed by atoms with van der Waals surface area (Å²) < 4.78 is 28.8. The van der Waals surface area contributed by atoms with Gasteiger partial charge in [0.25, 0.3) is 0 Å². The molecule has 0 fully saturated rings. The number of aliphatic imine (C=N–C) groups is 1. The van der Waals surface area contributed by atoms with Crippen LogP contribution in [0.15, 0.2) is 40.2 Å². The van der Waals surface area contributed by atoms with Crippen LogP contribution in [0.4, 0.5) is 0 Å². The van der Waals surface area contributed by atoms with Gasteiger partial charge in [0.1, 0.15) is 0 Å². The molecule has 3 N–H and O–H groups in total. The molecule has 0 amide bonds. The van der Waals surface area contributed by atoms with E-state index in [1.54, 1.807) is 37.4 Å². The summed E-state index contributed by atoms with van der Waals surface area (Å²) in [6.45, 7) is 1.49. The van der Waals surface area contributed by atoms with Crippen molar-refractivity contribution in [3.63, 3.8) is 0 Å². The second kappa shape index (κ2) is 8.55. The summed E-state index contributed by atoms with van der Waals surface area (Å²) in [4.78, 5) is 4.40. The quantitative estimate of drug-likeness (QED) is 0.412. The summed E-state index contributed by atoms with van der Waals surface area (Å²) in [6.07, 6.45) is 0.434. The third kappa shape index (κ3) is 6.03. The molecule has 1 aromatic carbocycles. The Labute approximate surface area is 120 Å². The van der Waals surface area contributed by atoms with Crippen LogP contribution >= 0.6 is 0 Å². The first-order chi connectivity index (χ1) is 9.56. The molecule has 1 aromatic rings. The highest BCUT2D eigenvalue weighted by molar-refractivity contribution is 7.91. The van der Waals surface area contributed by atoms with Gasteiger partial charge in [0.2, 0.25) is 0 Å². The van der Waals surface area contributed by atoms with Gasteiger partial charge in [-0.1, -0.05) is 18.2 Å². The standard InChI is InChI=1S/C13H21N3O3S/c1-19-10-9-16-13(14)15-8-5-11-20(17,18)12-6-3-2-4-7-12/h2-4,6-7H,5,8-11H2,1H3,(H3,14,15,16). The third-order valence-corrected chi connectivity index (χ3v) is 4.38. The zero-order chi connectivity index (χ0) is 14.8. The van der Waals surface area contributed by atoms with E-state index in [9.17, 15) is 8.42 Å². The van der Waals surface area contributed by atoms with Gasteiger partial charge < -0.3 is 15.8 Å². The lowest BCUT2D eigenvalue weighted by molar-refractivity contribution is 0.204. The zero-order valence-corrected chi connectivity index (χ0v) is 12.4. The summed E-state index contributed by atoms with van der Waals surface area (Å²) in [5.41, 5.74) is 5.61. The second-order valence-electron chi connectivity index (χ2n) is 4.17. The maximum absolute atomic E-state index is 12.0. The molecular formula is C13H21N3O3S. The normalized spacial score (nSPS) is 12.3. The molecule has 0 aliphatic rings. The lowest BCUT2D eigenvalue weighted by atomic mass is 10.4. The predicted octanol–water partition coefficient (Wildman–Crippen LogP) is 0.401. The van der Waals surface area contributed by atoms with Crippen molar-refractivity contribution in [3.8, 4) is 0 Å². The molecule has 7 heteroatoms. The molecule has 0 bridgehead atoms. The first kappa shape index (κ1) is 16.5. The Hall–Kier alpha value is -1.60. The molecule has 0 spiro atoms. The van der Waals surface area contributed by atoms with Crippen LogP contribution in [0.5, 0.6) is 0 Å². The fourth-order valence-electron chi connectivity index (χ4n) is 1.54. The van der Waals surface area contributed by atoms with Crippen molar-refractivity contribution in [1.29, 1.82) is 0 Å². The topological polar surface area (TPSA) is 93.8 Å². The SMILES string of the molecule is COCCNC(N)=NCCCS(=O)(=O)c1ccccc1. The van der Waals surface area contributed by atoms with E-state index in [1.807, 2.05) is 0 Å². The number of benzene rings is 1. The van der Waals surface area contributed by atoms with E-state index in [4.69, 9.17) is 10.5 Å². The predicted molar refractivity (Wildman–Crippen MR) is 79.5 cm³/mol. The number of rotatable bonds is 8. The molecule has 6 nitrogen and oxygen atoms in total. The average molecular weight is 299 g/mol. The molecule has 112 valence electrons. The Morgan fingerprint density at radius 1 is 1.35 bits per heavy atom. The number of hydrogen-bond donors (Lipinski definition) is 2. The lowest BCUT2D eigenvalue weighted by Crippen LogP contribution is -2.34. The number of methoxy groups -OCH3 is 1. The molecule has 0 atom stereocenters. The number of nitrogens with zero attached hydrogens (tertiary/aromatic N) is 1. The number of hydrogen-bond acceptors (Lipinski definition) is 4. The van der Waals surface area contributed by atoms with Crippen molar-refractivity contribution < 1.29 is 13.2 Å². The fourth-order valence-corrected chi connectivity index (χ4v) is 2.85. The van der Waals surface area contributed by atoms with Crippen molar-refractivity contribution in [2.75, 3.05) is 32.6 Å². The first-order valence-electron chi connectivity index (χ1n) is 6.37. The monoisotopic (exact) mass is 299 g/mol. The Kier molecular flexibility index (Phi) is 7.03. The van der Waals surface area contributed by atoms with Gasteiger partial charge in [-0.25, -0.2) is 8.42 Å². The van der Waals surface area contributed by atoms with Crippen LogP contribution in [0.25, 0.3) is 0 Å². The Bertz CT molecular complexity index is 515. The van der Waals surface area contributed by atoms with E-state index in [-0.39, 0.29) is 5.75 Å². The summed E-state index contributed by atoms with van der Waals surface area (Å²) in [6, 6.07) is 8.40. The molecule has 20 heavy (non-hydrogen) atoms. The van der Waals surface area contributed by atoms with Crippen LogP contribution in [-0.2, 0) is 14.6 Å². The summed E-state index contributed by atoms with van der Waals surface area (Å²) >= 11 is 0. The number of nitrogens with two attached hydrogens (primary N) is 1. The van der Waals surface area contributed by atoms with E-state index < -0.39 is 9.84 Å². The van der Waals surface area contributed by atoms with Crippen LogP contribution in [0.1, 0.15) is 6.42 Å². The van der Waals surface area contributed by atoms with Crippen LogP contribution in [-0.4, -0.2) is 46.9 Å². The molecule has 0 saturated carbocycles. The van der Waals surface area contributed by atoms with Crippen molar-refractivity contribution in [2.45, 2.75) is 11.3 Å². The summed E-state index contributed by atoms with van der Waals surface area (Å²) in [5.74, 6) is 0.366. The Balaban J connectivity index is 2.35. The number of ether oxygens (including phenoxy) is 1. The number of nitrogens with one attached hydrogen (secondary N) is 1. The molecule has 0 heterocycles. The van der Waals surface area contributed by atoms with E-state index in [2.05, 4.69) is 10.3 Å². The maximum atomic E-state index is 12.0. The maximum Gasteiger partial charge on any atom is 0.188 e. The van der Waals surface area contributed by atoms with Crippen molar-refractivity contribution in [3.05, 3.63) is 30.3 Å². The number of sulfone groups is 1. The van der Waals surface area contributed by atoms with Crippen LogP contribution in [0, 0.1) is 0 Å². The molecule has 0 unspecified atom stereocenters. The largest absolute Gasteiger partial charge is 0.383 e. The highest BCUT2D eigenvalue weighted by Gasteiger charge is 2.12. The Morgan fingerprint density at radius 3 is 2.70 bits per heavy atom. The van der Waals surface area contributed by atoms with Crippen LogP contribution in [0.2, 0.25) is 0 Å². The molecule has 0 aliphatic heterocycles. The van der Waals surface area contributed by atoms with Crippen molar-refractivity contribution >= 4 is 15.8 Å².